The molecule has 3 rings (SSSR count). The van der Waals surface area contributed by atoms with E-state index >= 15 is 0 Å². The normalized spacial score (nSPS) is 12.0. The molecule has 0 saturated heterocycles. The number of hydrogen-bond donors (Lipinski definition) is 1. The van der Waals surface area contributed by atoms with Gasteiger partial charge in [-0.25, -0.2) is 18.2 Å². The van der Waals surface area contributed by atoms with Gasteiger partial charge in [-0.3, -0.25) is 9.36 Å². The molecule has 1 aromatic carbocycles. The summed E-state index contributed by atoms with van der Waals surface area (Å²) < 4.78 is 53.2. The number of hydrogen-bond acceptors (Lipinski definition) is 5. The molecular formula is C15H10ClF3N2O3S. The molecule has 0 saturated carbocycles. The zero-order valence-corrected chi connectivity index (χ0v) is 13.9. The average molecular weight is 392 g/mol. The fourth-order valence-corrected chi connectivity index (χ4v) is 3.43. The van der Waals surface area contributed by atoms with Crippen molar-refractivity contribution in [2.45, 2.75) is 13.0 Å². The maximum atomic E-state index is 14.5. The molecule has 2 aromatic heterocycles. The Kier molecular flexibility index (Phi) is 4.26. The van der Waals surface area contributed by atoms with Crippen molar-refractivity contribution in [3.8, 4) is 22.6 Å². The summed E-state index contributed by atoms with van der Waals surface area (Å²) in [4.78, 5) is 16.6. The molecule has 10 heteroatoms. The van der Waals surface area contributed by atoms with Crippen molar-refractivity contribution >= 4 is 33.3 Å². The van der Waals surface area contributed by atoms with Gasteiger partial charge in [0.2, 0.25) is 0 Å². The quantitative estimate of drug-likeness (QED) is 0.732. The topological polar surface area (TPSA) is 64.3 Å². The van der Waals surface area contributed by atoms with E-state index in [1.165, 1.54) is 5.51 Å². The van der Waals surface area contributed by atoms with Crippen LogP contribution in [-0.4, -0.2) is 28.2 Å². The largest absolute Gasteiger partial charge is 0.505 e. The molecule has 0 unspecified atom stereocenters. The lowest BCUT2D eigenvalue weighted by Crippen LogP contribution is -2.25. The first-order valence-corrected chi connectivity index (χ1v) is 8.00. The lowest BCUT2D eigenvalue weighted by atomic mass is 10.0. The third-order valence-corrected chi connectivity index (χ3v) is 4.61. The molecule has 0 fully saturated rings. The highest BCUT2D eigenvalue weighted by atomic mass is 35.5. The molecular weight excluding hydrogens is 381 g/mol. The molecule has 0 bridgehead atoms. The van der Waals surface area contributed by atoms with Crippen LogP contribution in [0.3, 0.4) is 0 Å². The first-order chi connectivity index (χ1) is 12.4. The number of rotatable bonds is 4. The number of methoxy groups -OCH3 is 1. The van der Waals surface area contributed by atoms with Crippen molar-refractivity contribution in [1.29, 1.82) is 0 Å². The third-order valence-electron chi connectivity index (χ3n) is 3.49. The van der Waals surface area contributed by atoms with E-state index in [0.717, 1.165) is 23.5 Å². The number of aromatic nitrogens is 2. The Hall–Kier alpha value is -2.26. The number of alkyl halides is 2. The van der Waals surface area contributed by atoms with Crippen LogP contribution in [0.5, 0.6) is 11.5 Å². The lowest BCUT2D eigenvalue weighted by Gasteiger charge is -2.15. The zero-order chi connectivity index (χ0) is 19.0. The summed E-state index contributed by atoms with van der Waals surface area (Å²) in [6, 6.07) is 2.10. The number of benzene rings is 1. The van der Waals surface area contributed by atoms with Crippen LogP contribution in [0.2, 0.25) is 5.02 Å². The van der Waals surface area contributed by atoms with Gasteiger partial charge in [-0.2, -0.15) is 0 Å². The molecule has 0 radical (unpaired) electrons. The smallest absolute Gasteiger partial charge is 0.264 e. The minimum atomic E-state index is -2.87. The van der Waals surface area contributed by atoms with E-state index < -0.39 is 48.3 Å². The standard InChI is InChI=1S/C15H10ClF3N2O3S/c1-24-12-6(16)2-3-7(17)9(12)10-11(22)13-14(20-5-25-13)21(15(10)23)4-8(18)19/h2-3,5,8,22H,4H2,1H3/i1D. The summed E-state index contributed by atoms with van der Waals surface area (Å²) in [6.45, 7) is -0.983. The number of aromatic hydroxyl groups is 1. The number of halogens is 4. The van der Waals surface area contributed by atoms with E-state index in [0.29, 0.717) is 4.57 Å². The molecule has 0 aliphatic rings. The molecule has 1 N–H and O–H groups in total. The molecule has 132 valence electrons. The monoisotopic (exact) mass is 391 g/mol. The molecule has 3 aromatic rings. The number of fused-ring (bicyclic) bond motifs is 1. The number of thiazole rings is 1. The minimum Gasteiger partial charge on any atom is -0.505 e. The highest BCUT2D eigenvalue weighted by Crippen LogP contribution is 2.43. The summed E-state index contributed by atoms with van der Waals surface area (Å²) in [5.74, 6) is -1.91. The average Bonchev–Trinajstić information content (AvgIpc) is 3.07. The molecule has 0 amide bonds. The van der Waals surface area contributed by atoms with Crippen LogP contribution in [0.25, 0.3) is 21.5 Å². The third kappa shape index (κ3) is 2.83. The van der Waals surface area contributed by atoms with E-state index in [1.54, 1.807) is 0 Å². The summed E-state index contributed by atoms with van der Waals surface area (Å²) in [5, 5.41) is 10.4. The highest BCUT2D eigenvalue weighted by Gasteiger charge is 2.27. The molecule has 25 heavy (non-hydrogen) atoms. The summed E-state index contributed by atoms with van der Waals surface area (Å²) in [6.07, 6.45) is -2.87. The van der Waals surface area contributed by atoms with Gasteiger partial charge in [0.15, 0.2) is 5.65 Å². The van der Waals surface area contributed by atoms with Crippen molar-refractivity contribution in [1.82, 2.24) is 9.55 Å². The minimum absolute atomic E-state index is 0.0384. The van der Waals surface area contributed by atoms with Gasteiger partial charge in [0, 0.05) is 0 Å². The molecule has 0 aliphatic carbocycles. The van der Waals surface area contributed by atoms with Crippen LogP contribution >= 0.6 is 22.9 Å². The van der Waals surface area contributed by atoms with Gasteiger partial charge in [0.25, 0.3) is 12.0 Å². The zero-order valence-electron chi connectivity index (χ0n) is 13.3. The maximum Gasteiger partial charge on any atom is 0.264 e. The molecule has 0 spiro atoms. The molecule has 0 aliphatic heterocycles. The van der Waals surface area contributed by atoms with E-state index in [-0.39, 0.29) is 21.1 Å². The van der Waals surface area contributed by atoms with Crippen LogP contribution in [0.4, 0.5) is 13.2 Å². The highest BCUT2D eigenvalue weighted by molar-refractivity contribution is 7.17. The Morgan fingerprint density at radius 1 is 1.48 bits per heavy atom. The van der Waals surface area contributed by atoms with Gasteiger partial charge < -0.3 is 9.84 Å². The number of nitrogens with zero attached hydrogens (tertiary/aromatic N) is 2. The molecule has 0 atom stereocenters. The summed E-state index contributed by atoms with van der Waals surface area (Å²) in [5.41, 5.74) is -1.01. The fraction of sp³-hybridized carbons (Fsp3) is 0.200. The van der Waals surface area contributed by atoms with Crippen LogP contribution in [0.1, 0.15) is 1.37 Å². The summed E-state index contributed by atoms with van der Waals surface area (Å²) >= 11 is 6.86. The van der Waals surface area contributed by atoms with Crippen molar-refractivity contribution in [2.24, 2.45) is 0 Å². The molecule has 2 heterocycles. The van der Waals surface area contributed by atoms with Gasteiger partial charge in [0.1, 0.15) is 22.0 Å². The van der Waals surface area contributed by atoms with Crippen LogP contribution in [-0.2, 0) is 6.54 Å². The van der Waals surface area contributed by atoms with Gasteiger partial charge in [-0.05, 0) is 12.1 Å². The second-order valence-corrected chi connectivity index (χ2v) is 6.18. The van der Waals surface area contributed by atoms with Crippen LogP contribution < -0.4 is 10.3 Å². The second-order valence-electron chi connectivity index (χ2n) is 4.91. The van der Waals surface area contributed by atoms with E-state index in [4.69, 9.17) is 17.7 Å². The predicted octanol–water partition coefficient (Wildman–Crippen LogP) is 3.90. The van der Waals surface area contributed by atoms with E-state index in [9.17, 15) is 23.1 Å². The second kappa shape index (κ2) is 6.57. The van der Waals surface area contributed by atoms with Crippen molar-refractivity contribution < 1.29 is 24.4 Å². The lowest BCUT2D eigenvalue weighted by molar-refractivity contribution is 0.126. The van der Waals surface area contributed by atoms with Gasteiger partial charge in [0.05, 0.1) is 36.7 Å². The Labute approximate surface area is 149 Å². The first kappa shape index (κ1) is 16.2. The summed E-state index contributed by atoms with van der Waals surface area (Å²) in [7, 11) is -0.634. The predicted molar refractivity (Wildman–Crippen MR) is 88.5 cm³/mol. The van der Waals surface area contributed by atoms with Crippen molar-refractivity contribution in [3.63, 3.8) is 0 Å². The Morgan fingerprint density at radius 2 is 2.24 bits per heavy atom. The number of ether oxygens (including phenoxy) is 1. The SMILES string of the molecule is [2H]COc1c(Cl)ccc(F)c1-c1c(O)c2scnc2n(CC(F)F)c1=O. The van der Waals surface area contributed by atoms with Gasteiger partial charge >= 0.3 is 0 Å². The van der Waals surface area contributed by atoms with E-state index in [2.05, 4.69) is 4.98 Å². The number of pyridine rings is 1. The fourth-order valence-electron chi connectivity index (χ4n) is 2.48. The Balaban J connectivity index is 2.44. The van der Waals surface area contributed by atoms with E-state index in [1.807, 2.05) is 0 Å². The maximum absolute atomic E-state index is 14.5. The molecule has 5 nitrogen and oxygen atoms in total. The van der Waals surface area contributed by atoms with Crippen molar-refractivity contribution in [3.05, 3.63) is 38.8 Å². The van der Waals surface area contributed by atoms with Gasteiger partial charge in [-0.15, -0.1) is 11.3 Å². The van der Waals surface area contributed by atoms with Crippen LogP contribution in [0, 0.1) is 5.82 Å². The van der Waals surface area contributed by atoms with Crippen molar-refractivity contribution in [2.75, 3.05) is 7.09 Å². The Bertz CT molecular complexity index is 1040. The van der Waals surface area contributed by atoms with Gasteiger partial charge in [-0.1, -0.05) is 11.6 Å². The van der Waals surface area contributed by atoms with Crippen LogP contribution in [0.15, 0.2) is 22.4 Å². The first-order valence-electron chi connectivity index (χ1n) is 7.45. The Morgan fingerprint density at radius 3 is 2.92 bits per heavy atom.